The maximum atomic E-state index is 12.8. The lowest BCUT2D eigenvalue weighted by molar-refractivity contribution is -0.121. The number of phenolic OH excluding ortho intramolecular Hbond substituents is 1. The summed E-state index contributed by atoms with van der Waals surface area (Å²) >= 11 is 1.35. The highest BCUT2D eigenvalue weighted by molar-refractivity contribution is 8.00. The number of phenols is 1. The van der Waals surface area contributed by atoms with Crippen LogP contribution in [0, 0.1) is 0 Å². The third-order valence-electron chi connectivity index (χ3n) is 3.51. The fraction of sp³-hybridized carbons (Fsp3) is 0.176. The number of aromatic hydroxyl groups is 1. The highest BCUT2D eigenvalue weighted by atomic mass is 32.2. The number of nitrogens with zero attached hydrogens (tertiary/aromatic N) is 1. The van der Waals surface area contributed by atoms with Crippen LogP contribution in [-0.2, 0) is 9.59 Å². The van der Waals surface area contributed by atoms with Gasteiger partial charge in [-0.25, -0.2) is 0 Å². The number of para-hydroxylation sites is 2. The summed E-state index contributed by atoms with van der Waals surface area (Å²) in [5.74, 6) is -0.176. The monoisotopic (exact) mass is 328 g/mol. The summed E-state index contributed by atoms with van der Waals surface area (Å²) in [4.78, 5) is 26.9. The molecule has 0 radical (unpaired) electrons. The maximum Gasteiger partial charge on any atom is 0.244 e. The minimum atomic E-state index is -0.379. The molecule has 2 aromatic rings. The molecule has 2 N–H and O–H groups in total. The van der Waals surface area contributed by atoms with E-state index >= 15 is 0 Å². The Hall–Kier alpha value is -2.47. The lowest BCUT2D eigenvalue weighted by Gasteiger charge is -2.30. The van der Waals surface area contributed by atoms with Crippen molar-refractivity contribution < 1.29 is 14.7 Å². The van der Waals surface area contributed by atoms with Gasteiger partial charge in [0.25, 0.3) is 0 Å². The van der Waals surface area contributed by atoms with Crippen molar-refractivity contribution in [3.05, 3.63) is 48.5 Å². The Morgan fingerprint density at radius 3 is 2.83 bits per heavy atom. The fourth-order valence-electron chi connectivity index (χ4n) is 2.46. The van der Waals surface area contributed by atoms with E-state index in [0.717, 1.165) is 4.90 Å². The van der Waals surface area contributed by atoms with Crippen molar-refractivity contribution in [1.82, 2.24) is 0 Å². The first-order valence-electron chi connectivity index (χ1n) is 7.20. The molecule has 0 spiro atoms. The summed E-state index contributed by atoms with van der Waals surface area (Å²) in [6.45, 7) is 1.81. The second kappa shape index (κ2) is 6.34. The molecule has 2 aromatic carbocycles. The van der Waals surface area contributed by atoms with Gasteiger partial charge in [0.05, 0.1) is 16.6 Å². The number of hydrogen-bond donors (Lipinski definition) is 2. The van der Waals surface area contributed by atoms with Crippen LogP contribution in [-0.4, -0.2) is 28.7 Å². The van der Waals surface area contributed by atoms with Gasteiger partial charge >= 0.3 is 0 Å². The van der Waals surface area contributed by atoms with Gasteiger partial charge in [-0.15, -0.1) is 11.8 Å². The zero-order valence-electron chi connectivity index (χ0n) is 12.5. The van der Waals surface area contributed by atoms with Crippen LogP contribution in [0.2, 0.25) is 0 Å². The Balaban J connectivity index is 1.81. The van der Waals surface area contributed by atoms with Crippen molar-refractivity contribution in [2.45, 2.75) is 17.1 Å². The Labute approximate surface area is 138 Å². The lowest BCUT2D eigenvalue weighted by Crippen LogP contribution is -2.45. The summed E-state index contributed by atoms with van der Waals surface area (Å²) < 4.78 is 0. The number of nitrogens with one attached hydrogen (secondary N) is 1. The third-order valence-corrected chi connectivity index (χ3v) is 4.60. The van der Waals surface area contributed by atoms with Crippen molar-refractivity contribution in [1.29, 1.82) is 0 Å². The Bertz CT molecular complexity index is 763. The Kier molecular flexibility index (Phi) is 4.25. The van der Waals surface area contributed by atoms with E-state index in [2.05, 4.69) is 5.32 Å². The zero-order valence-corrected chi connectivity index (χ0v) is 13.3. The first-order valence-corrected chi connectivity index (χ1v) is 8.08. The highest BCUT2D eigenvalue weighted by Gasteiger charge is 2.29. The van der Waals surface area contributed by atoms with E-state index in [4.69, 9.17) is 0 Å². The fourth-order valence-corrected chi connectivity index (χ4v) is 3.44. The molecule has 1 aliphatic heterocycles. The topological polar surface area (TPSA) is 69.6 Å². The predicted molar refractivity (Wildman–Crippen MR) is 90.9 cm³/mol. The number of rotatable bonds is 3. The minimum absolute atomic E-state index is 0.0147. The van der Waals surface area contributed by atoms with Gasteiger partial charge in [-0.2, -0.15) is 0 Å². The Morgan fingerprint density at radius 1 is 1.26 bits per heavy atom. The summed E-state index contributed by atoms with van der Waals surface area (Å²) in [5, 5.41) is 11.9. The van der Waals surface area contributed by atoms with Crippen LogP contribution >= 0.6 is 11.8 Å². The van der Waals surface area contributed by atoms with Crippen LogP contribution in [0.1, 0.15) is 6.92 Å². The summed E-state index contributed by atoms with van der Waals surface area (Å²) in [6.07, 6.45) is 0. The van der Waals surface area contributed by atoms with Gasteiger partial charge in [-0.05, 0) is 37.3 Å². The van der Waals surface area contributed by atoms with Gasteiger partial charge in [0.1, 0.15) is 12.3 Å². The average Bonchev–Trinajstić information content (AvgIpc) is 2.53. The van der Waals surface area contributed by atoms with Crippen molar-refractivity contribution in [3.63, 3.8) is 0 Å². The van der Waals surface area contributed by atoms with E-state index in [0.29, 0.717) is 11.4 Å². The molecule has 1 atom stereocenters. The molecule has 1 heterocycles. The molecule has 0 bridgehead atoms. The number of fused-ring (bicyclic) bond motifs is 1. The van der Waals surface area contributed by atoms with Gasteiger partial charge in [0.2, 0.25) is 11.8 Å². The molecular weight excluding hydrogens is 312 g/mol. The molecule has 1 aliphatic rings. The summed E-state index contributed by atoms with van der Waals surface area (Å²) in [6, 6.07) is 14.0. The largest absolute Gasteiger partial charge is 0.508 e. The van der Waals surface area contributed by atoms with E-state index in [-0.39, 0.29) is 29.4 Å². The van der Waals surface area contributed by atoms with E-state index in [1.54, 1.807) is 31.2 Å². The summed E-state index contributed by atoms with van der Waals surface area (Å²) in [5.41, 5.74) is 1.35. The summed E-state index contributed by atoms with van der Waals surface area (Å²) in [7, 11) is 0. The number of amides is 2. The van der Waals surface area contributed by atoms with Gasteiger partial charge in [-0.1, -0.05) is 18.2 Å². The molecule has 0 unspecified atom stereocenters. The van der Waals surface area contributed by atoms with Crippen molar-refractivity contribution in [3.8, 4) is 5.75 Å². The average molecular weight is 328 g/mol. The lowest BCUT2D eigenvalue weighted by atomic mass is 10.2. The van der Waals surface area contributed by atoms with Gasteiger partial charge in [0.15, 0.2) is 0 Å². The standard InChI is InChI=1S/C17H16N2O3S/c1-11(23-13-6-4-5-12(20)9-13)17(22)19-10-16(21)18-14-7-2-3-8-15(14)19/h2-9,11,20H,10H2,1H3,(H,18,21)/t11-/m1/s1. The normalized spacial score (nSPS) is 14.8. The van der Waals surface area contributed by atoms with Crippen LogP contribution in [0.5, 0.6) is 5.75 Å². The predicted octanol–water partition coefficient (Wildman–Crippen LogP) is 2.86. The molecule has 118 valence electrons. The molecule has 2 amide bonds. The Morgan fingerprint density at radius 2 is 2.04 bits per heavy atom. The second-order valence-corrected chi connectivity index (χ2v) is 6.66. The van der Waals surface area contributed by atoms with Crippen LogP contribution in [0.4, 0.5) is 11.4 Å². The van der Waals surface area contributed by atoms with Crippen LogP contribution < -0.4 is 10.2 Å². The molecule has 23 heavy (non-hydrogen) atoms. The number of benzene rings is 2. The molecule has 6 heteroatoms. The smallest absolute Gasteiger partial charge is 0.244 e. The van der Waals surface area contributed by atoms with E-state index in [1.165, 1.54) is 16.7 Å². The first kappa shape index (κ1) is 15.4. The van der Waals surface area contributed by atoms with Crippen LogP contribution in [0.15, 0.2) is 53.4 Å². The van der Waals surface area contributed by atoms with Gasteiger partial charge in [-0.3, -0.25) is 14.5 Å². The van der Waals surface area contributed by atoms with E-state index < -0.39 is 0 Å². The van der Waals surface area contributed by atoms with Gasteiger partial charge < -0.3 is 10.4 Å². The number of thioether (sulfide) groups is 1. The second-order valence-electron chi connectivity index (χ2n) is 5.25. The van der Waals surface area contributed by atoms with Crippen molar-refractivity contribution in [2.75, 3.05) is 16.8 Å². The number of carbonyl (C=O) groups is 2. The molecule has 0 fully saturated rings. The van der Waals surface area contributed by atoms with Crippen molar-refractivity contribution in [2.24, 2.45) is 0 Å². The molecule has 0 saturated heterocycles. The number of anilines is 2. The number of hydrogen-bond acceptors (Lipinski definition) is 4. The molecule has 5 nitrogen and oxygen atoms in total. The SMILES string of the molecule is C[C@@H](Sc1cccc(O)c1)C(=O)N1CC(=O)Nc2ccccc21. The quantitative estimate of drug-likeness (QED) is 0.850. The number of carbonyl (C=O) groups excluding carboxylic acids is 2. The van der Waals surface area contributed by atoms with E-state index in [1.807, 2.05) is 24.3 Å². The van der Waals surface area contributed by atoms with Crippen molar-refractivity contribution >= 4 is 35.0 Å². The molecule has 0 saturated carbocycles. The third kappa shape index (κ3) is 3.32. The van der Waals surface area contributed by atoms with E-state index in [9.17, 15) is 14.7 Å². The highest BCUT2D eigenvalue weighted by Crippen LogP contribution is 2.32. The van der Waals surface area contributed by atoms with Gasteiger partial charge in [0, 0.05) is 4.90 Å². The minimum Gasteiger partial charge on any atom is -0.508 e. The molecule has 0 aliphatic carbocycles. The zero-order chi connectivity index (χ0) is 16.4. The first-order chi connectivity index (χ1) is 11.0. The molecule has 0 aromatic heterocycles. The molecular formula is C17H16N2O3S. The maximum absolute atomic E-state index is 12.8. The van der Waals surface area contributed by atoms with Crippen LogP contribution in [0.25, 0.3) is 0 Å². The molecule has 3 rings (SSSR count). The van der Waals surface area contributed by atoms with Crippen LogP contribution in [0.3, 0.4) is 0 Å².